The molecule has 0 aliphatic carbocycles. The van der Waals surface area contributed by atoms with Gasteiger partial charge in [0.2, 0.25) is 0 Å². The third-order valence-corrected chi connectivity index (χ3v) is 10.4. The Labute approximate surface area is 249 Å². The van der Waals surface area contributed by atoms with Gasteiger partial charge in [-0.3, -0.25) is 4.90 Å². The third-order valence-electron chi connectivity index (χ3n) is 9.54. The van der Waals surface area contributed by atoms with Crippen molar-refractivity contribution in [1.82, 2.24) is 25.2 Å². The topological polar surface area (TPSA) is 116 Å². The minimum atomic E-state index is -0.912. The Kier molecular flexibility index (Phi) is 6.19. The van der Waals surface area contributed by atoms with E-state index in [4.69, 9.17) is 15.5 Å². The fourth-order valence-corrected chi connectivity index (χ4v) is 8.42. The summed E-state index contributed by atoms with van der Waals surface area (Å²) >= 11 is 0.964. The molecule has 4 atom stereocenters. The molecule has 222 valence electrons. The molecule has 4 fully saturated rings. The minimum absolute atomic E-state index is 0.00359. The molecule has 9 nitrogen and oxygen atoms in total. The number of fused-ring (bicyclic) bond motifs is 5. The van der Waals surface area contributed by atoms with Gasteiger partial charge in [0.05, 0.1) is 27.4 Å². The molecular weight excluding hydrogens is 577 g/mol. The Hall–Kier alpha value is -3.73. The number of rotatable bonds is 5. The van der Waals surface area contributed by atoms with Crippen LogP contribution in [0.1, 0.15) is 37.7 Å². The predicted molar refractivity (Wildman–Crippen MR) is 158 cm³/mol. The van der Waals surface area contributed by atoms with E-state index in [1.807, 2.05) is 0 Å². The van der Waals surface area contributed by atoms with Crippen LogP contribution in [-0.4, -0.2) is 76.4 Å². The summed E-state index contributed by atoms with van der Waals surface area (Å²) in [6.07, 6.45) is 3.33. The largest absolute Gasteiger partial charge is 0.461 e. The summed E-state index contributed by atoms with van der Waals surface area (Å²) in [6, 6.07) is 6.94. The smallest absolute Gasteiger partial charge is 0.319 e. The van der Waals surface area contributed by atoms with Crippen LogP contribution in [0.3, 0.4) is 0 Å². The zero-order valence-corrected chi connectivity index (χ0v) is 24.1. The lowest BCUT2D eigenvalue weighted by Crippen LogP contribution is -2.51. The molecule has 4 aliphatic rings. The molecule has 0 saturated carbocycles. The fourth-order valence-electron chi connectivity index (χ4n) is 7.66. The molecule has 43 heavy (non-hydrogen) atoms. The van der Waals surface area contributed by atoms with Gasteiger partial charge in [0.15, 0.2) is 10.9 Å². The van der Waals surface area contributed by atoms with E-state index in [1.54, 1.807) is 6.07 Å². The van der Waals surface area contributed by atoms with Gasteiger partial charge in [-0.1, -0.05) is 11.3 Å². The van der Waals surface area contributed by atoms with E-state index in [1.165, 1.54) is 12.1 Å². The predicted octanol–water partition coefficient (Wildman–Crippen LogP) is 4.53. The normalized spacial score (nSPS) is 26.8. The summed E-state index contributed by atoms with van der Waals surface area (Å²) in [7, 11) is 0. The number of nitriles is 1. The van der Waals surface area contributed by atoms with Crippen LogP contribution in [-0.2, 0) is 0 Å². The van der Waals surface area contributed by atoms with E-state index in [9.17, 15) is 14.0 Å². The van der Waals surface area contributed by atoms with Gasteiger partial charge in [0, 0.05) is 54.7 Å². The highest BCUT2D eigenvalue weighted by atomic mass is 32.1. The molecule has 8 rings (SSSR count). The molecule has 4 unspecified atom stereocenters. The van der Waals surface area contributed by atoms with Gasteiger partial charge in [-0.05, 0) is 50.4 Å². The van der Waals surface area contributed by atoms with Gasteiger partial charge in [0.25, 0.3) is 0 Å². The SMILES string of the molecule is N#Cc1cc2c(N3CC4CCC(C3)N4)nc(OCC34CCCN3CC(F)C4)nc2c(F)c1-c1ccc(F)c2sc(N)nc12. The lowest BCUT2D eigenvalue weighted by Gasteiger charge is -2.34. The zero-order chi connectivity index (χ0) is 29.5. The van der Waals surface area contributed by atoms with Crippen LogP contribution >= 0.6 is 11.3 Å². The maximum Gasteiger partial charge on any atom is 0.319 e. The number of halogens is 3. The van der Waals surface area contributed by atoms with Crippen molar-refractivity contribution in [1.29, 1.82) is 5.26 Å². The summed E-state index contributed by atoms with van der Waals surface area (Å²) in [5.74, 6) is -0.771. The highest BCUT2D eigenvalue weighted by Crippen LogP contribution is 2.43. The number of benzene rings is 2. The van der Waals surface area contributed by atoms with Crippen LogP contribution in [0.4, 0.5) is 24.1 Å². The number of hydrogen-bond donors (Lipinski definition) is 2. The van der Waals surface area contributed by atoms with Crippen molar-refractivity contribution < 1.29 is 17.9 Å². The van der Waals surface area contributed by atoms with Crippen molar-refractivity contribution in [3.05, 3.63) is 35.4 Å². The second kappa shape index (κ2) is 9.90. The van der Waals surface area contributed by atoms with Crippen molar-refractivity contribution in [3.63, 3.8) is 0 Å². The lowest BCUT2D eigenvalue weighted by atomic mass is 9.95. The summed E-state index contributed by atoms with van der Waals surface area (Å²) < 4.78 is 52.3. The van der Waals surface area contributed by atoms with Crippen LogP contribution < -0.4 is 20.7 Å². The molecule has 13 heteroatoms. The highest BCUT2D eigenvalue weighted by Gasteiger charge is 2.49. The monoisotopic (exact) mass is 606 g/mol. The molecule has 2 aromatic heterocycles. The second-order valence-corrected chi connectivity index (χ2v) is 13.2. The van der Waals surface area contributed by atoms with Gasteiger partial charge in [0.1, 0.15) is 29.9 Å². The maximum atomic E-state index is 16.8. The number of nitrogens with zero attached hydrogens (tertiary/aromatic N) is 6. The van der Waals surface area contributed by atoms with Crippen molar-refractivity contribution in [3.8, 4) is 23.2 Å². The first-order valence-electron chi connectivity index (χ1n) is 14.6. The van der Waals surface area contributed by atoms with Crippen LogP contribution in [0, 0.1) is 23.0 Å². The fraction of sp³-hybridized carbons (Fsp3) is 0.467. The van der Waals surface area contributed by atoms with Crippen molar-refractivity contribution in [2.24, 2.45) is 0 Å². The van der Waals surface area contributed by atoms with Gasteiger partial charge in [-0.2, -0.15) is 15.2 Å². The molecule has 4 aliphatic heterocycles. The molecule has 0 radical (unpaired) electrons. The first kappa shape index (κ1) is 26.9. The highest BCUT2D eigenvalue weighted by molar-refractivity contribution is 7.22. The zero-order valence-electron chi connectivity index (χ0n) is 23.2. The third kappa shape index (κ3) is 4.29. The molecular formula is C30H29F3N8OS. The lowest BCUT2D eigenvalue weighted by molar-refractivity contribution is 0.107. The first-order chi connectivity index (χ1) is 20.8. The molecule has 6 heterocycles. The molecule has 2 aromatic carbocycles. The van der Waals surface area contributed by atoms with E-state index in [0.717, 1.165) is 43.6 Å². The van der Waals surface area contributed by atoms with Crippen molar-refractivity contribution >= 4 is 43.4 Å². The number of thiazole rings is 1. The molecule has 0 spiro atoms. The van der Waals surface area contributed by atoms with Crippen molar-refractivity contribution in [2.75, 3.05) is 43.4 Å². The molecule has 0 amide bonds. The molecule has 2 bridgehead atoms. The van der Waals surface area contributed by atoms with E-state index in [2.05, 4.69) is 31.2 Å². The molecule has 3 N–H and O–H groups in total. The van der Waals surface area contributed by atoms with Gasteiger partial charge >= 0.3 is 6.01 Å². The average molecular weight is 607 g/mol. The Morgan fingerprint density at radius 2 is 1.95 bits per heavy atom. The molecule has 4 saturated heterocycles. The van der Waals surface area contributed by atoms with Gasteiger partial charge < -0.3 is 20.7 Å². The Balaban J connectivity index is 1.29. The first-order valence-corrected chi connectivity index (χ1v) is 15.5. The van der Waals surface area contributed by atoms with Crippen LogP contribution in [0.5, 0.6) is 6.01 Å². The number of piperazine rings is 1. The quantitative estimate of drug-likeness (QED) is 0.338. The number of ether oxygens (including phenoxy) is 1. The van der Waals surface area contributed by atoms with Crippen molar-refractivity contribution in [2.45, 2.75) is 55.9 Å². The number of nitrogens with two attached hydrogens (primary N) is 1. The Morgan fingerprint density at radius 1 is 1.14 bits per heavy atom. The number of anilines is 2. The van der Waals surface area contributed by atoms with E-state index >= 15 is 4.39 Å². The number of alkyl halides is 1. The summed E-state index contributed by atoms with van der Waals surface area (Å²) in [6.45, 7) is 2.75. The van der Waals surface area contributed by atoms with E-state index in [0.29, 0.717) is 37.3 Å². The van der Waals surface area contributed by atoms with E-state index in [-0.39, 0.29) is 62.3 Å². The number of nitrogen functional groups attached to an aromatic ring is 1. The van der Waals surface area contributed by atoms with E-state index < -0.39 is 23.3 Å². The van der Waals surface area contributed by atoms with Crippen LogP contribution in [0.25, 0.3) is 32.2 Å². The number of hydrogen-bond acceptors (Lipinski definition) is 10. The summed E-state index contributed by atoms with van der Waals surface area (Å²) in [5.41, 5.74) is 5.93. The number of nitrogens with one attached hydrogen (secondary N) is 1. The molecule has 4 aromatic rings. The average Bonchev–Trinajstić information content (AvgIpc) is 3.74. The summed E-state index contributed by atoms with van der Waals surface area (Å²) in [5, 5.41) is 14.3. The Morgan fingerprint density at radius 3 is 2.74 bits per heavy atom. The minimum Gasteiger partial charge on any atom is -0.461 e. The second-order valence-electron chi connectivity index (χ2n) is 12.2. The van der Waals surface area contributed by atoms with Gasteiger partial charge in [-0.15, -0.1) is 0 Å². The Bertz CT molecular complexity index is 1820. The van der Waals surface area contributed by atoms with Gasteiger partial charge in [-0.25, -0.2) is 18.2 Å². The number of aromatic nitrogens is 3. The van der Waals surface area contributed by atoms with Crippen LogP contribution in [0.15, 0.2) is 18.2 Å². The standard InChI is InChI=1S/C30H29F3N8OS/c31-16-9-30(6-1-7-41(30)11-16)14-42-29-38-24-20(27(39-29)40-12-17-2-3-18(13-40)36-17)8-15(10-34)22(23(24)33)19-4-5-21(32)26-25(19)37-28(35)43-26/h4-5,8,16-18,36H,1-3,6-7,9,11-14H2,(H2,35,37). The van der Waals surface area contributed by atoms with Crippen LogP contribution in [0.2, 0.25) is 0 Å². The maximum absolute atomic E-state index is 16.8. The summed E-state index contributed by atoms with van der Waals surface area (Å²) in [4.78, 5) is 17.9.